The zero-order valence-electron chi connectivity index (χ0n) is 19.5. The zero-order valence-corrected chi connectivity index (χ0v) is 20.3. The summed E-state index contributed by atoms with van der Waals surface area (Å²) in [6.07, 6.45) is 1.97. The summed E-state index contributed by atoms with van der Waals surface area (Å²) in [5, 5.41) is 2.94. The lowest BCUT2D eigenvalue weighted by Crippen LogP contribution is -2.44. The van der Waals surface area contributed by atoms with Gasteiger partial charge in [-0.15, -0.1) is 0 Å². The number of piperazine rings is 1. The minimum absolute atomic E-state index is 0.0788. The number of fused-ring (bicyclic) bond motifs is 1. The van der Waals surface area contributed by atoms with Crippen LogP contribution in [-0.2, 0) is 10.0 Å². The first-order valence-electron chi connectivity index (χ1n) is 11.6. The van der Waals surface area contributed by atoms with Crippen molar-refractivity contribution in [2.45, 2.75) is 17.7 Å². The summed E-state index contributed by atoms with van der Waals surface area (Å²) in [5.41, 5.74) is 0.861. The molecule has 2 aliphatic heterocycles. The summed E-state index contributed by atoms with van der Waals surface area (Å²) in [5.74, 6) is 0.769. The van der Waals surface area contributed by atoms with Crippen molar-refractivity contribution in [2.24, 2.45) is 0 Å². The fraction of sp³-hybridized carbons (Fsp3) is 0.458. The number of unbranched alkanes of at least 4 members (excludes halogenated alkanes) is 1. The van der Waals surface area contributed by atoms with Crippen LogP contribution < -0.4 is 19.5 Å². The van der Waals surface area contributed by atoms with Crippen LogP contribution in [0.5, 0.6) is 11.5 Å². The first-order chi connectivity index (χ1) is 16.4. The van der Waals surface area contributed by atoms with Gasteiger partial charge >= 0.3 is 0 Å². The number of rotatable bonds is 9. The molecule has 0 radical (unpaired) electrons. The first-order valence-corrected chi connectivity index (χ1v) is 13.1. The molecule has 9 nitrogen and oxygen atoms in total. The molecule has 0 saturated carbocycles. The van der Waals surface area contributed by atoms with Gasteiger partial charge in [0.05, 0.1) is 4.90 Å². The Morgan fingerprint density at radius 1 is 0.941 bits per heavy atom. The molecular formula is C24H32N4O5S. The van der Waals surface area contributed by atoms with Crippen molar-refractivity contribution in [3.63, 3.8) is 0 Å². The lowest BCUT2D eigenvalue weighted by Gasteiger charge is -2.32. The molecule has 184 valence electrons. The number of likely N-dealkylation sites (N-methyl/N-ethyl adjacent to an activating group) is 1. The third-order valence-corrected chi connectivity index (χ3v) is 7.38. The second-order valence-electron chi connectivity index (χ2n) is 8.60. The molecule has 0 unspecified atom stereocenters. The van der Waals surface area contributed by atoms with Gasteiger partial charge in [-0.1, -0.05) is 0 Å². The number of anilines is 1. The van der Waals surface area contributed by atoms with Crippen molar-refractivity contribution in [3.05, 3.63) is 48.0 Å². The molecule has 1 saturated heterocycles. The highest BCUT2D eigenvalue weighted by atomic mass is 32.2. The topological polar surface area (TPSA) is 100 Å². The van der Waals surface area contributed by atoms with E-state index < -0.39 is 10.0 Å². The van der Waals surface area contributed by atoms with Crippen molar-refractivity contribution < 1.29 is 22.7 Å². The molecule has 1 amide bonds. The zero-order chi connectivity index (χ0) is 24.0. The normalized spacial score (nSPS) is 16.7. The van der Waals surface area contributed by atoms with Gasteiger partial charge in [-0.2, -0.15) is 0 Å². The summed E-state index contributed by atoms with van der Waals surface area (Å²) in [6.45, 7) is 6.92. The Labute approximate surface area is 201 Å². The van der Waals surface area contributed by atoms with E-state index in [0.29, 0.717) is 42.5 Å². The average Bonchev–Trinajstić information content (AvgIpc) is 2.85. The Bertz CT molecular complexity index is 1080. The Balaban J connectivity index is 1.23. The third-order valence-electron chi connectivity index (χ3n) is 6.01. The Morgan fingerprint density at radius 3 is 2.38 bits per heavy atom. The summed E-state index contributed by atoms with van der Waals surface area (Å²) in [4.78, 5) is 17.3. The van der Waals surface area contributed by atoms with Gasteiger partial charge in [0.1, 0.15) is 13.2 Å². The molecule has 2 aromatic carbocycles. The molecule has 0 atom stereocenters. The molecule has 2 aliphatic rings. The second kappa shape index (κ2) is 11.1. The smallest absolute Gasteiger partial charge is 0.262 e. The van der Waals surface area contributed by atoms with Gasteiger partial charge in [-0.3, -0.25) is 9.52 Å². The lowest BCUT2D eigenvalue weighted by atomic mass is 10.2. The number of nitrogens with zero attached hydrogens (tertiary/aromatic N) is 2. The Morgan fingerprint density at radius 2 is 1.65 bits per heavy atom. The van der Waals surface area contributed by atoms with Crippen LogP contribution >= 0.6 is 0 Å². The number of benzene rings is 2. The van der Waals surface area contributed by atoms with Gasteiger partial charge in [0.2, 0.25) is 0 Å². The van der Waals surface area contributed by atoms with Crippen LogP contribution in [0.1, 0.15) is 23.2 Å². The van der Waals surface area contributed by atoms with E-state index in [4.69, 9.17) is 9.47 Å². The number of sulfonamides is 1. The van der Waals surface area contributed by atoms with Crippen molar-refractivity contribution in [1.29, 1.82) is 0 Å². The van der Waals surface area contributed by atoms with Crippen LogP contribution in [0.4, 0.5) is 5.69 Å². The summed E-state index contributed by atoms with van der Waals surface area (Å²) in [7, 11) is -1.66. The molecule has 1 fully saturated rings. The maximum Gasteiger partial charge on any atom is 0.262 e. The van der Waals surface area contributed by atoms with E-state index >= 15 is 0 Å². The van der Waals surface area contributed by atoms with Crippen LogP contribution in [0.25, 0.3) is 0 Å². The largest absolute Gasteiger partial charge is 0.486 e. The number of nitrogens with one attached hydrogen (secondary N) is 2. The molecule has 2 heterocycles. The van der Waals surface area contributed by atoms with Crippen molar-refractivity contribution >= 4 is 21.6 Å². The van der Waals surface area contributed by atoms with Gasteiger partial charge in [0, 0.05) is 50.0 Å². The number of amides is 1. The summed E-state index contributed by atoms with van der Waals surface area (Å²) >= 11 is 0. The van der Waals surface area contributed by atoms with E-state index in [1.165, 1.54) is 12.1 Å². The maximum absolute atomic E-state index is 12.7. The lowest BCUT2D eigenvalue weighted by molar-refractivity contribution is 0.0952. The predicted molar refractivity (Wildman–Crippen MR) is 130 cm³/mol. The predicted octanol–water partition coefficient (Wildman–Crippen LogP) is 2.02. The maximum atomic E-state index is 12.7. The highest BCUT2D eigenvalue weighted by molar-refractivity contribution is 7.92. The van der Waals surface area contributed by atoms with Crippen molar-refractivity contribution in [3.8, 4) is 11.5 Å². The van der Waals surface area contributed by atoms with Crippen molar-refractivity contribution in [1.82, 2.24) is 15.1 Å². The van der Waals surface area contributed by atoms with E-state index in [0.717, 1.165) is 45.6 Å². The molecule has 2 aromatic rings. The first kappa shape index (κ1) is 24.3. The molecule has 10 heteroatoms. The fourth-order valence-corrected chi connectivity index (χ4v) is 5.00. The Hall–Kier alpha value is -2.82. The Kier molecular flexibility index (Phi) is 7.91. The minimum Gasteiger partial charge on any atom is -0.486 e. The van der Waals surface area contributed by atoms with Crippen LogP contribution in [0.2, 0.25) is 0 Å². The summed E-state index contributed by atoms with van der Waals surface area (Å²) in [6, 6.07) is 10.9. The van der Waals surface area contributed by atoms with E-state index in [-0.39, 0.29) is 10.8 Å². The fourth-order valence-electron chi connectivity index (χ4n) is 3.93. The highest BCUT2D eigenvalue weighted by Crippen LogP contribution is 2.32. The number of hydrogen-bond donors (Lipinski definition) is 2. The second-order valence-corrected chi connectivity index (χ2v) is 10.3. The molecule has 0 aliphatic carbocycles. The van der Waals surface area contributed by atoms with Gasteiger partial charge < -0.3 is 24.6 Å². The molecule has 0 spiro atoms. The van der Waals surface area contributed by atoms with Gasteiger partial charge in [0.25, 0.3) is 15.9 Å². The number of ether oxygens (including phenoxy) is 2. The van der Waals surface area contributed by atoms with E-state index in [9.17, 15) is 13.2 Å². The molecule has 0 aromatic heterocycles. The van der Waals surface area contributed by atoms with Crippen LogP contribution in [-0.4, -0.2) is 83.7 Å². The quantitative estimate of drug-likeness (QED) is 0.521. The number of carbonyl (C=O) groups is 1. The molecule has 2 N–H and O–H groups in total. The SMILES string of the molecule is CN1CCN(CCCCNC(=O)c2ccc(NS(=O)(=O)c3ccc4c(c3)OCCO4)cc2)CC1. The minimum atomic E-state index is -3.81. The van der Waals surface area contributed by atoms with E-state index in [1.807, 2.05) is 0 Å². The van der Waals surface area contributed by atoms with Crippen LogP contribution in [0.3, 0.4) is 0 Å². The monoisotopic (exact) mass is 488 g/mol. The van der Waals surface area contributed by atoms with Gasteiger partial charge in [0.15, 0.2) is 11.5 Å². The highest BCUT2D eigenvalue weighted by Gasteiger charge is 2.20. The van der Waals surface area contributed by atoms with E-state index in [2.05, 4.69) is 26.9 Å². The molecule has 0 bridgehead atoms. The molecule has 4 rings (SSSR count). The van der Waals surface area contributed by atoms with Crippen LogP contribution in [0.15, 0.2) is 47.4 Å². The molecule has 34 heavy (non-hydrogen) atoms. The summed E-state index contributed by atoms with van der Waals surface area (Å²) < 4.78 is 38.9. The van der Waals surface area contributed by atoms with Gasteiger partial charge in [-0.05, 0) is 62.8 Å². The van der Waals surface area contributed by atoms with E-state index in [1.54, 1.807) is 30.3 Å². The standard InChI is InChI=1S/C24H32N4O5S/c1-27-12-14-28(15-13-27)11-3-2-10-25-24(29)19-4-6-20(7-5-19)26-34(30,31)21-8-9-22-23(18-21)33-17-16-32-22/h4-9,18,26H,2-3,10-17H2,1H3,(H,25,29). The van der Waals surface area contributed by atoms with Crippen LogP contribution in [0, 0.1) is 0 Å². The molecular weight excluding hydrogens is 456 g/mol. The average molecular weight is 489 g/mol. The third kappa shape index (κ3) is 6.40. The number of hydrogen-bond acceptors (Lipinski definition) is 7. The van der Waals surface area contributed by atoms with Crippen molar-refractivity contribution in [2.75, 3.05) is 64.3 Å². The van der Waals surface area contributed by atoms with Gasteiger partial charge in [-0.25, -0.2) is 8.42 Å². The number of carbonyl (C=O) groups excluding carboxylic acids is 1.